The van der Waals surface area contributed by atoms with Crippen molar-refractivity contribution in [3.63, 3.8) is 0 Å². The fourth-order valence-electron chi connectivity index (χ4n) is 4.95. The number of aryl methyl sites for hydroxylation is 1. The molecule has 33 heavy (non-hydrogen) atoms. The molecule has 3 aliphatic rings. The van der Waals surface area contributed by atoms with Crippen molar-refractivity contribution in [1.29, 1.82) is 0 Å². The monoisotopic (exact) mass is 504 g/mol. The van der Waals surface area contributed by atoms with Gasteiger partial charge in [-0.3, -0.25) is 0 Å². The number of ether oxygens (including phenoxy) is 3. The Morgan fingerprint density at radius 2 is 1.88 bits per heavy atom. The maximum Gasteiger partial charge on any atom is 0.335 e. The molecular formula is C22H26ClFO8S. The molecule has 2 aliphatic carbocycles. The minimum atomic E-state index is -4.04. The molecule has 0 aromatic heterocycles. The third kappa shape index (κ3) is 4.21. The zero-order valence-electron chi connectivity index (χ0n) is 18.0. The highest BCUT2D eigenvalue weighted by Crippen LogP contribution is 2.48. The summed E-state index contributed by atoms with van der Waals surface area (Å²) < 4.78 is 58.4. The molecule has 0 amide bonds. The van der Waals surface area contributed by atoms with E-state index in [4.69, 9.17) is 25.8 Å². The number of aliphatic hydroxyl groups is 2. The van der Waals surface area contributed by atoms with Gasteiger partial charge in [0.2, 0.25) is 0 Å². The summed E-state index contributed by atoms with van der Waals surface area (Å²) in [5.41, 5.74) is 0.775. The molecule has 182 valence electrons. The second-order valence-corrected chi connectivity index (χ2v) is 11.1. The molecule has 8 nitrogen and oxygen atoms in total. The second-order valence-electron chi connectivity index (χ2n) is 8.39. The average molecular weight is 505 g/mol. The average Bonchev–Trinajstić information content (AvgIpc) is 3.38. The van der Waals surface area contributed by atoms with E-state index in [1.807, 2.05) is 0 Å². The van der Waals surface area contributed by atoms with Gasteiger partial charge >= 0.3 is 5.97 Å². The predicted molar refractivity (Wildman–Crippen MR) is 116 cm³/mol. The van der Waals surface area contributed by atoms with Crippen molar-refractivity contribution in [2.75, 3.05) is 19.8 Å². The molecule has 1 heterocycles. The van der Waals surface area contributed by atoms with Gasteiger partial charge in [0.05, 0.1) is 40.9 Å². The first-order valence-corrected chi connectivity index (χ1v) is 12.8. The molecule has 0 radical (unpaired) electrons. The van der Waals surface area contributed by atoms with Crippen LogP contribution in [0.15, 0.2) is 23.8 Å². The van der Waals surface area contributed by atoms with E-state index in [1.54, 1.807) is 6.92 Å². The fourth-order valence-corrected chi connectivity index (χ4v) is 7.74. The van der Waals surface area contributed by atoms with Crippen molar-refractivity contribution >= 4 is 27.4 Å². The molecule has 1 aromatic rings. The predicted octanol–water partition coefficient (Wildman–Crippen LogP) is 2.00. The molecule has 1 aliphatic heterocycles. The number of hydrogen-bond donors (Lipinski definition) is 2. The van der Waals surface area contributed by atoms with Gasteiger partial charge in [0.15, 0.2) is 15.6 Å². The Bertz CT molecular complexity index is 1060. The molecule has 2 unspecified atom stereocenters. The number of carbonyl (C=O) groups excluding carboxylic acids is 1. The Labute approximate surface area is 196 Å². The second kappa shape index (κ2) is 9.24. The number of halogens is 2. The normalized spacial score (nSPS) is 28.6. The number of hydrogen-bond acceptors (Lipinski definition) is 8. The third-order valence-electron chi connectivity index (χ3n) is 6.48. The fraction of sp³-hybridized carbons (Fsp3) is 0.591. The lowest BCUT2D eigenvalue weighted by Crippen LogP contribution is -2.42. The summed E-state index contributed by atoms with van der Waals surface area (Å²) in [7, 11) is -4.04. The van der Waals surface area contributed by atoms with Crippen LogP contribution in [-0.4, -0.2) is 67.7 Å². The highest BCUT2D eigenvalue weighted by atomic mass is 35.5. The minimum Gasteiger partial charge on any atom is -0.463 e. The molecule has 1 fully saturated rings. The maximum atomic E-state index is 14.1. The molecule has 1 aromatic carbocycles. The van der Waals surface area contributed by atoms with E-state index in [0.29, 0.717) is 12.0 Å². The van der Waals surface area contributed by atoms with Crippen molar-refractivity contribution in [2.24, 2.45) is 0 Å². The van der Waals surface area contributed by atoms with Gasteiger partial charge in [-0.2, -0.15) is 0 Å². The quantitative estimate of drug-likeness (QED) is 0.564. The Morgan fingerprint density at radius 3 is 2.48 bits per heavy atom. The van der Waals surface area contributed by atoms with Gasteiger partial charge in [0, 0.05) is 6.42 Å². The Balaban J connectivity index is 1.74. The summed E-state index contributed by atoms with van der Waals surface area (Å²) in [6.45, 7) is 0.794. The summed E-state index contributed by atoms with van der Waals surface area (Å²) in [6.07, 6.45) is 0.336. The topological polar surface area (TPSA) is 119 Å². The molecule has 1 saturated heterocycles. The van der Waals surface area contributed by atoms with E-state index in [2.05, 4.69) is 0 Å². The van der Waals surface area contributed by atoms with Crippen molar-refractivity contribution in [3.8, 4) is 0 Å². The Morgan fingerprint density at radius 1 is 1.21 bits per heavy atom. The first-order chi connectivity index (χ1) is 15.7. The van der Waals surface area contributed by atoms with Crippen molar-refractivity contribution < 1.29 is 42.0 Å². The number of sulfone groups is 1. The number of fused-ring (bicyclic) bond motifs is 1. The standard InChI is InChI=1S/C22H26ClFO8S/c1-2-30-21(27)13-9-22(31-15(10-25)16(11-26)32-22)8-7-17(13)33(28,29)18-6-4-12-3-5-14(24)20(23)19(12)18/h3,5,9,15-18,25-26H,2,4,6-8,10-11H2,1H3/t15-,16-,17?,18?/m0/s1. The van der Waals surface area contributed by atoms with Crippen LogP contribution in [0.5, 0.6) is 0 Å². The van der Waals surface area contributed by atoms with Crippen LogP contribution >= 0.6 is 11.6 Å². The number of carbonyl (C=O) groups is 1. The number of esters is 1. The van der Waals surface area contributed by atoms with Crippen molar-refractivity contribution in [1.82, 2.24) is 0 Å². The van der Waals surface area contributed by atoms with E-state index in [0.717, 1.165) is 0 Å². The van der Waals surface area contributed by atoms with Gasteiger partial charge in [-0.15, -0.1) is 0 Å². The van der Waals surface area contributed by atoms with Crippen LogP contribution in [0.3, 0.4) is 0 Å². The first kappa shape index (κ1) is 24.6. The highest BCUT2D eigenvalue weighted by Gasteiger charge is 2.53. The summed E-state index contributed by atoms with van der Waals surface area (Å²) in [6, 6.07) is 2.75. The van der Waals surface area contributed by atoms with Gasteiger partial charge in [0.25, 0.3) is 0 Å². The summed E-state index contributed by atoms with van der Waals surface area (Å²) in [5.74, 6) is -2.99. The molecule has 4 atom stereocenters. The number of benzene rings is 1. The van der Waals surface area contributed by atoms with Crippen LogP contribution in [-0.2, 0) is 35.3 Å². The summed E-state index contributed by atoms with van der Waals surface area (Å²) in [4.78, 5) is 12.8. The van der Waals surface area contributed by atoms with Gasteiger partial charge in [0.1, 0.15) is 18.0 Å². The van der Waals surface area contributed by atoms with Crippen LogP contribution in [0, 0.1) is 5.82 Å². The van der Waals surface area contributed by atoms with E-state index in [-0.39, 0.29) is 42.0 Å². The molecular weight excluding hydrogens is 479 g/mol. The minimum absolute atomic E-state index is 0.0257. The first-order valence-electron chi connectivity index (χ1n) is 10.8. The SMILES string of the molecule is CCOC(=O)C1=CC2(CCC1S(=O)(=O)C1CCc3ccc(F)c(Cl)c31)O[C@@H](CO)[C@H](CO)O2. The van der Waals surface area contributed by atoms with E-state index < -0.39 is 63.3 Å². The molecule has 4 rings (SSSR count). The molecule has 2 N–H and O–H groups in total. The Hall–Kier alpha value is -1.56. The molecule has 1 spiro atoms. The maximum absolute atomic E-state index is 14.1. The van der Waals surface area contributed by atoms with Crippen molar-refractivity contribution in [3.05, 3.63) is 45.7 Å². The van der Waals surface area contributed by atoms with Crippen LogP contribution in [0.1, 0.15) is 42.6 Å². The Kier molecular flexibility index (Phi) is 6.88. The van der Waals surface area contributed by atoms with E-state index in [9.17, 15) is 27.8 Å². The summed E-state index contributed by atoms with van der Waals surface area (Å²) in [5, 5.41) is 16.6. The zero-order chi connectivity index (χ0) is 24.0. The molecule has 11 heteroatoms. The van der Waals surface area contributed by atoms with Crippen LogP contribution in [0.4, 0.5) is 4.39 Å². The molecule has 0 bridgehead atoms. The van der Waals surface area contributed by atoms with Crippen LogP contribution in [0.2, 0.25) is 5.02 Å². The highest BCUT2D eigenvalue weighted by molar-refractivity contribution is 7.92. The van der Waals surface area contributed by atoms with Crippen LogP contribution in [0.25, 0.3) is 0 Å². The smallest absolute Gasteiger partial charge is 0.335 e. The van der Waals surface area contributed by atoms with Crippen LogP contribution < -0.4 is 0 Å². The number of aliphatic hydroxyl groups excluding tert-OH is 2. The largest absolute Gasteiger partial charge is 0.463 e. The van der Waals surface area contributed by atoms with Gasteiger partial charge < -0.3 is 24.4 Å². The van der Waals surface area contributed by atoms with Gasteiger partial charge in [-0.25, -0.2) is 17.6 Å². The lowest BCUT2D eigenvalue weighted by molar-refractivity contribution is -0.154. The number of rotatable bonds is 6. The summed E-state index contributed by atoms with van der Waals surface area (Å²) >= 11 is 6.16. The zero-order valence-corrected chi connectivity index (χ0v) is 19.6. The lowest BCUT2D eigenvalue weighted by atomic mass is 9.94. The van der Waals surface area contributed by atoms with E-state index in [1.165, 1.54) is 18.2 Å². The van der Waals surface area contributed by atoms with Gasteiger partial charge in [-0.1, -0.05) is 17.7 Å². The molecule has 0 saturated carbocycles. The van der Waals surface area contributed by atoms with E-state index >= 15 is 0 Å². The van der Waals surface area contributed by atoms with Crippen molar-refractivity contribution in [2.45, 2.75) is 61.1 Å². The van der Waals surface area contributed by atoms with Gasteiger partial charge in [-0.05, 0) is 49.5 Å². The lowest BCUT2D eigenvalue weighted by Gasteiger charge is -2.34. The third-order valence-corrected chi connectivity index (χ3v) is 9.41.